The molecule has 2 aromatic rings. The molecule has 1 aromatic carbocycles. The molecule has 1 N–H and O–H groups in total. The number of aromatic nitrogens is 1. The third-order valence-electron chi connectivity index (χ3n) is 3.72. The van der Waals surface area contributed by atoms with Gasteiger partial charge in [-0.05, 0) is 31.5 Å². The minimum Gasteiger partial charge on any atom is -0.408 e. The molecule has 114 valence electrons. The van der Waals surface area contributed by atoms with Gasteiger partial charge in [0.2, 0.25) is 0 Å². The predicted molar refractivity (Wildman–Crippen MR) is 81.9 cm³/mol. The summed E-state index contributed by atoms with van der Waals surface area (Å²) in [6, 6.07) is 5.59. The smallest absolute Gasteiger partial charge is 0.408 e. The number of aromatic amines is 1. The number of alkyl halides is 1. The molecule has 3 atom stereocenters. The van der Waals surface area contributed by atoms with E-state index < -0.39 is 5.76 Å². The van der Waals surface area contributed by atoms with Crippen molar-refractivity contribution in [2.75, 3.05) is 19.6 Å². The zero-order valence-corrected chi connectivity index (χ0v) is 12.9. The predicted octanol–water partition coefficient (Wildman–Crippen LogP) is 2.51. The standard InChI is InChI=1S/C15H19ClN2O3/c1-9-6-18(7-10(2)20-9)8-12(16)11-3-4-13-14(5-11)21-15(19)17-13/h3-5,9-10,12H,6-8H2,1-2H3,(H,17,19). The Bertz CT molecular complexity index is 671. The fraction of sp³-hybridized carbons (Fsp3) is 0.533. The van der Waals surface area contributed by atoms with Crippen molar-refractivity contribution in [3.63, 3.8) is 0 Å². The summed E-state index contributed by atoms with van der Waals surface area (Å²) in [4.78, 5) is 16.1. The van der Waals surface area contributed by atoms with Crippen molar-refractivity contribution in [3.05, 3.63) is 34.3 Å². The topological polar surface area (TPSA) is 58.5 Å². The number of ether oxygens (including phenoxy) is 1. The maximum absolute atomic E-state index is 11.2. The molecular formula is C15H19ClN2O3. The van der Waals surface area contributed by atoms with Gasteiger partial charge in [-0.15, -0.1) is 11.6 Å². The molecule has 5 nitrogen and oxygen atoms in total. The van der Waals surface area contributed by atoms with E-state index in [1.165, 1.54) is 0 Å². The first-order chi connectivity index (χ1) is 10.0. The Hall–Kier alpha value is -1.30. The van der Waals surface area contributed by atoms with Crippen molar-refractivity contribution in [2.45, 2.75) is 31.4 Å². The molecule has 3 rings (SSSR count). The summed E-state index contributed by atoms with van der Waals surface area (Å²) >= 11 is 6.53. The highest BCUT2D eigenvalue weighted by atomic mass is 35.5. The van der Waals surface area contributed by atoms with Crippen molar-refractivity contribution >= 4 is 22.7 Å². The van der Waals surface area contributed by atoms with Gasteiger partial charge in [0.15, 0.2) is 5.58 Å². The molecule has 1 aliphatic rings. The largest absolute Gasteiger partial charge is 0.417 e. The van der Waals surface area contributed by atoms with Gasteiger partial charge in [0.05, 0.1) is 23.1 Å². The summed E-state index contributed by atoms with van der Waals surface area (Å²) in [6.45, 7) is 6.67. The number of fused-ring (bicyclic) bond motifs is 1. The first kappa shape index (κ1) is 14.6. The van der Waals surface area contributed by atoms with Gasteiger partial charge in [0, 0.05) is 19.6 Å². The van der Waals surface area contributed by atoms with Crippen molar-refractivity contribution in [1.82, 2.24) is 9.88 Å². The van der Waals surface area contributed by atoms with Gasteiger partial charge in [-0.2, -0.15) is 0 Å². The third-order valence-corrected chi connectivity index (χ3v) is 4.11. The number of nitrogens with zero attached hydrogens (tertiary/aromatic N) is 1. The molecule has 1 aromatic heterocycles. The van der Waals surface area contributed by atoms with Crippen LogP contribution in [0.5, 0.6) is 0 Å². The first-order valence-electron chi connectivity index (χ1n) is 7.16. The molecule has 1 saturated heterocycles. The number of oxazole rings is 1. The van der Waals surface area contributed by atoms with Gasteiger partial charge in [0.25, 0.3) is 0 Å². The van der Waals surface area contributed by atoms with E-state index in [4.69, 9.17) is 20.8 Å². The van der Waals surface area contributed by atoms with Crippen LogP contribution >= 0.6 is 11.6 Å². The lowest BCUT2D eigenvalue weighted by atomic mass is 10.1. The second kappa shape index (κ2) is 5.83. The maximum atomic E-state index is 11.2. The van der Waals surface area contributed by atoms with Crippen LogP contribution < -0.4 is 5.76 Å². The van der Waals surface area contributed by atoms with Crippen LogP contribution in [-0.2, 0) is 4.74 Å². The van der Waals surface area contributed by atoms with Crippen LogP contribution in [0.1, 0.15) is 24.8 Å². The Kier molecular flexibility index (Phi) is 4.06. The van der Waals surface area contributed by atoms with Crippen LogP contribution in [0.3, 0.4) is 0 Å². The van der Waals surface area contributed by atoms with Gasteiger partial charge in [0.1, 0.15) is 0 Å². The highest BCUT2D eigenvalue weighted by molar-refractivity contribution is 6.21. The zero-order chi connectivity index (χ0) is 15.0. The lowest BCUT2D eigenvalue weighted by Crippen LogP contribution is -2.46. The van der Waals surface area contributed by atoms with Crippen LogP contribution in [0, 0.1) is 0 Å². The average Bonchev–Trinajstić information content (AvgIpc) is 2.76. The quantitative estimate of drug-likeness (QED) is 0.885. The van der Waals surface area contributed by atoms with E-state index in [0.717, 1.165) is 25.2 Å². The summed E-state index contributed by atoms with van der Waals surface area (Å²) in [5, 5.41) is -0.146. The second-order valence-electron chi connectivity index (χ2n) is 5.71. The van der Waals surface area contributed by atoms with Crippen molar-refractivity contribution < 1.29 is 9.15 Å². The number of benzene rings is 1. The van der Waals surface area contributed by atoms with E-state index >= 15 is 0 Å². The summed E-state index contributed by atoms with van der Waals surface area (Å²) in [7, 11) is 0. The molecule has 1 fully saturated rings. The Balaban J connectivity index is 1.73. The third kappa shape index (κ3) is 3.31. The molecule has 6 heteroatoms. The molecule has 21 heavy (non-hydrogen) atoms. The molecule has 1 aliphatic heterocycles. The van der Waals surface area contributed by atoms with Crippen molar-refractivity contribution in [3.8, 4) is 0 Å². The highest BCUT2D eigenvalue weighted by Gasteiger charge is 2.24. The minimum absolute atomic E-state index is 0.146. The number of hydrogen-bond donors (Lipinski definition) is 1. The normalized spacial score (nSPS) is 25.3. The average molecular weight is 311 g/mol. The number of halogens is 1. The molecule has 2 heterocycles. The lowest BCUT2D eigenvalue weighted by molar-refractivity contribution is -0.0678. The van der Waals surface area contributed by atoms with Crippen LogP contribution in [-0.4, -0.2) is 41.7 Å². The van der Waals surface area contributed by atoms with Gasteiger partial charge >= 0.3 is 5.76 Å². The van der Waals surface area contributed by atoms with E-state index in [1.54, 1.807) is 0 Å². The number of hydrogen-bond acceptors (Lipinski definition) is 4. The van der Waals surface area contributed by atoms with E-state index in [1.807, 2.05) is 18.2 Å². The summed E-state index contributed by atoms with van der Waals surface area (Å²) < 4.78 is 10.8. The molecular weight excluding hydrogens is 292 g/mol. The SMILES string of the molecule is CC1CN(CC(Cl)c2ccc3[nH]c(=O)oc3c2)CC(C)O1. The molecule has 0 aliphatic carbocycles. The summed E-state index contributed by atoms with van der Waals surface area (Å²) in [6.07, 6.45) is 0.450. The lowest BCUT2D eigenvalue weighted by Gasteiger charge is -2.36. The zero-order valence-electron chi connectivity index (χ0n) is 12.1. The van der Waals surface area contributed by atoms with Crippen LogP contribution in [0.15, 0.2) is 27.4 Å². The van der Waals surface area contributed by atoms with Gasteiger partial charge < -0.3 is 9.15 Å². The maximum Gasteiger partial charge on any atom is 0.417 e. The fourth-order valence-electron chi connectivity index (χ4n) is 2.92. The van der Waals surface area contributed by atoms with Crippen LogP contribution in [0.2, 0.25) is 0 Å². The van der Waals surface area contributed by atoms with Gasteiger partial charge in [-0.1, -0.05) is 6.07 Å². The Labute approximate surface area is 127 Å². The first-order valence-corrected chi connectivity index (χ1v) is 7.59. The van der Waals surface area contributed by atoms with Crippen molar-refractivity contribution in [1.29, 1.82) is 0 Å². The number of H-pyrrole nitrogens is 1. The van der Waals surface area contributed by atoms with E-state index in [2.05, 4.69) is 23.7 Å². The molecule has 0 radical (unpaired) electrons. The monoisotopic (exact) mass is 310 g/mol. The summed E-state index contributed by atoms with van der Waals surface area (Å²) in [5.74, 6) is -0.441. The number of rotatable bonds is 3. The van der Waals surface area contributed by atoms with E-state index in [-0.39, 0.29) is 17.6 Å². The molecule has 3 unspecified atom stereocenters. The van der Waals surface area contributed by atoms with Crippen LogP contribution in [0.4, 0.5) is 0 Å². The van der Waals surface area contributed by atoms with E-state index in [0.29, 0.717) is 11.1 Å². The van der Waals surface area contributed by atoms with Crippen molar-refractivity contribution in [2.24, 2.45) is 0 Å². The molecule has 0 bridgehead atoms. The fourth-order valence-corrected chi connectivity index (χ4v) is 3.25. The minimum atomic E-state index is -0.441. The summed E-state index contributed by atoms with van der Waals surface area (Å²) in [5.41, 5.74) is 2.20. The Morgan fingerprint density at radius 1 is 1.38 bits per heavy atom. The Morgan fingerprint density at radius 2 is 2.10 bits per heavy atom. The molecule has 0 amide bonds. The van der Waals surface area contributed by atoms with Gasteiger partial charge in [-0.3, -0.25) is 9.88 Å². The van der Waals surface area contributed by atoms with Crippen LogP contribution in [0.25, 0.3) is 11.1 Å². The molecule has 0 saturated carbocycles. The number of nitrogens with one attached hydrogen (secondary N) is 1. The number of morpholine rings is 1. The van der Waals surface area contributed by atoms with E-state index in [9.17, 15) is 4.79 Å². The second-order valence-corrected chi connectivity index (χ2v) is 6.24. The molecule has 0 spiro atoms. The van der Waals surface area contributed by atoms with Gasteiger partial charge in [-0.25, -0.2) is 4.79 Å². The highest BCUT2D eigenvalue weighted by Crippen LogP contribution is 2.26. The Morgan fingerprint density at radius 3 is 2.81 bits per heavy atom.